The number of hydrogen-bond donors (Lipinski definition) is 0. The van der Waals surface area contributed by atoms with Crippen molar-refractivity contribution in [3.05, 3.63) is 0 Å². The standard InChI is InChI=1S/K.O3P/c;1-4(2)3/q+1;-3. The molecule has 0 aliphatic carbocycles. The van der Waals surface area contributed by atoms with Crippen molar-refractivity contribution in [3.8, 4) is 0 Å². The summed E-state index contributed by atoms with van der Waals surface area (Å²) in [6, 6.07) is 0. The molecule has 5 heavy (non-hydrogen) atoms. The quantitative estimate of drug-likeness (QED) is 0.235. The molecule has 0 aromatic heterocycles. The molecule has 3 nitrogen and oxygen atoms in total. The smallest absolute Gasteiger partial charge is 0.854 e. The SMILES string of the molecule is [K+].[O-]P([O-])[O-]. The minimum Gasteiger partial charge on any atom is -0.854 e. The van der Waals surface area contributed by atoms with Crippen LogP contribution in [0.3, 0.4) is 0 Å². The molecule has 0 aromatic carbocycles. The van der Waals surface area contributed by atoms with Crippen LogP contribution in [0.25, 0.3) is 0 Å². The third-order valence-corrected chi connectivity index (χ3v) is 0. The molecule has 0 N–H and O–H groups in total. The van der Waals surface area contributed by atoms with Crippen LogP contribution in [0.1, 0.15) is 0 Å². The predicted molar refractivity (Wildman–Crippen MR) is 6.92 cm³/mol. The maximum atomic E-state index is 8.48. The number of hydrogen-bond acceptors (Lipinski definition) is 3. The third-order valence-electron chi connectivity index (χ3n) is 0. The van der Waals surface area contributed by atoms with Gasteiger partial charge in [-0.1, -0.05) is 0 Å². The second-order valence-corrected chi connectivity index (χ2v) is 0.671. The van der Waals surface area contributed by atoms with Gasteiger partial charge in [0.1, 0.15) is 0 Å². The largest absolute Gasteiger partial charge is 1.00 e. The second kappa shape index (κ2) is 5.95. The molecule has 0 aromatic rings. The Morgan fingerprint density at radius 3 is 1.00 bits per heavy atom. The zero-order chi connectivity index (χ0) is 3.58. The van der Waals surface area contributed by atoms with Crippen molar-refractivity contribution in [3.63, 3.8) is 0 Å². The van der Waals surface area contributed by atoms with E-state index in [1.54, 1.807) is 0 Å². The topological polar surface area (TPSA) is 69.2 Å². The van der Waals surface area contributed by atoms with E-state index in [9.17, 15) is 0 Å². The van der Waals surface area contributed by atoms with E-state index in [4.69, 9.17) is 14.7 Å². The molecule has 0 heterocycles. The Balaban J connectivity index is 0. The summed E-state index contributed by atoms with van der Waals surface area (Å²) in [5, 5.41) is 0. The van der Waals surface area contributed by atoms with E-state index in [1.165, 1.54) is 0 Å². The minimum atomic E-state index is -3.37. The Morgan fingerprint density at radius 1 is 1.00 bits per heavy atom. The molecule has 0 amide bonds. The van der Waals surface area contributed by atoms with Crippen molar-refractivity contribution in [1.82, 2.24) is 0 Å². The van der Waals surface area contributed by atoms with Gasteiger partial charge in [0.05, 0.1) is 0 Å². The molecule has 0 unspecified atom stereocenters. The van der Waals surface area contributed by atoms with Crippen molar-refractivity contribution in [1.29, 1.82) is 0 Å². The molecule has 0 aliphatic rings. The fourth-order valence-corrected chi connectivity index (χ4v) is 0. The van der Waals surface area contributed by atoms with E-state index < -0.39 is 8.60 Å². The first-order valence-corrected chi connectivity index (χ1v) is 1.64. The van der Waals surface area contributed by atoms with Crippen molar-refractivity contribution in [2.75, 3.05) is 0 Å². The third kappa shape index (κ3) is 24.4. The molecular weight excluding hydrogens is 118 g/mol. The van der Waals surface area contributed by atoms with E-state index in [-0.39, 0.29) is 51.4 Å². The summed E-state index contributed by atoms with van der Waals surface area (Å²) in [4.78, 5) is 25.4. The predicted octanol–water partition coefficient (Wildman–Crippen LogP) is -5.70. The van der Waals surface area contributed by atoms with Crippen LogP contribution in [-0.2, 0) is 0 Å². The van der Waals surface area contributed by atoms with Crippen LogP contribution >= 0.6 is 8.60 Å². The summed E-state index contributed by atoms with van der Waals surface area (Å²) in [7, 11) is -3.37. The fourth-order valence-electron chi connectivity index (χ4n) is 0. The zero-order valence-electron chi connectivity index (χ0n) is 2.67. The average molecular weight is 118 g/mol. The molecular formula is KO3P-2. The normalized spacial score (nSPS) is 7.20. The first-order chi connectivity index (χ1) is 1.73. The van der Waals surface area contributed by atoms with E-state index in [1.807, 2.05) is 0 Å². The van der Waals surface area contributed by atoms with Gasteiger partial charge in [0.25, 0.3) is 0 Å². The maximum Gasteiger partial charge on any atom is 1.00 e. The van der Waals surface area contributed by atoms with Gasteiger partial charge in [-0.2, -0.15) is 0 Å². The Morgan fingerprint density at radius 2 is 1.00 bits per heavy atom. The van der Waals surface area contributed by atoms with Gasteiger partial charge in [-0.15, -0.1) is 0 Å². The van der Waals surface area contributed by atoms with Gasteiger partial charge < -0.3 is 23.3 Å². The van der Waals surface area contributed by atoms with E-state index in [0.29, 0.717) is 0 Å². The molecule has 0 spiro atoms. The van der Waals surface area contributed by atoms with Gasteiger partial charge in [-0.25, -0.2) is 0 Å². The maximum absolute atomic E-state index is 8.48. The van der Waals surface area contributed by atoms with E-state index in [2.05, 4.69) is 0 Å². The van der Waals surface area contributed by atoms with Crippen LogP contribution in [0.15, 0.2) is 0 Å². The molecule has 0 saturated carbocycles. The molecule has 0 fully saturated rings. The molecule has 0 atom stereocenters. The van der Waals surface area contributed by atoms with Gasteiger partial charge in [-0.05, 0) is 0 Å². The van der Waals surface area contributed by atoms with Crippen LogP contribution in [0.5, 0.6) is 0 Å². The van der Waals surface area contributed by atoms with Crippen LogP contribution < -0.4 is 66.1 Å². The van der Waals surface area contributed by atoms with Gasteiger partial charge in [0, 0.05) is 0 Å². The van der Waals surface area contributed by atoms with Crippen LogP contribution in [-0.4, -0.2) is 0 Å². The van der Waals surface area contributed by atoms with Crippen molar-refractivity contribution in [2.45, 2.75) is 0 Å². The van der Waals surface area contributed by atoms with Crippen LogP contribution in [0.2, 0.25) is 0 Å². The van der Waals surface area contributed by atoms with Gasteiger partial charge >= 0.3 is 51.4 Å². The van der Waals surface area contributed by atoms with Crippen molar-refractivity contribution < 1.29 is 66.1 Å². The Hall–Kier alpha value is 1.95. The summed E-state index contributed by atoms with van der Waals surface area (Å²) >= 11 is 0. The molecule has 5 heteroatoms. The summed E-state index contributed by atoms with van der Waals surface area (Å²) in [6.45, 7) is 0. The molecule has 0 rings (SSSR count). The minimum absolute atomic E-state index is 0. The Labute approximate surface area is 73.4 Å². The number of rotatable bonds is 0. The van der Waals surface area contributed by atoms with Crippen LogP contribution in [0, 0.1) is 0 Å². The van der Waals surface area contributed by atoms with Crippen LogP contribution in [0.4, 0.5) is 0 Å². The van der Waals surface area contributed by atoms with Crippen molar-refractivity contribution in [2.24, 2.45) is 0 Å². The molecule has 0 bridgehead atoms. The van der Waals surface area contributed by atoms with Crippen molar-refractivity contribution >= 4 is 8.60 Å². The molecule has 0 radical (unpaired) electrons. The first kappa shape index (κ1) is 10.0. The summed E-state index contributed by atoms with van der Waals surface area (Å²) in [6.07, 6.45) is 0. The molecule has 26 valence electrons. The molecule has 0 aliphatic heterocycles. The second-order valence-electron chi connectivity index (χ2n) is 0.224. The van der Waals surface area contributed by atoms with Gasteiger partial charge in [0.15, 0.2) is 0 Å². The first-order valence-electron chi connectivity index (χ1n) is 0.548. The van der Waals surface area contributed by atoms with Gasteiger partial charge in [-0.3, -0.25) is 0 Å². The Kier molecular flexibility index (Phi) is 11.9. The van der Waals surface area contributed by atoms with E-state index >= 15 is 0 Å². The van der Waals surface area contributed by atoms with E-state index in [0.717, 1.165) is 0 Å². The summed E-state index contributed by atoms with van der Waals surface area (Å²) in [5.41, 5.74) is 0. The zero-order valence-corrected chi connectivity index (χ0v) is 6.69. The van der Waals surface area contributed by atoms with Gasteiger partial charge in [0.2, 0.25) is 0 Å². The summed E-state index contributed by atoms with van der Waals surface area (Å²) in [5.74, 6) is 0. The average Bonchev–Trinajstić information content (AvgIpc) is 0.811. The Bertz CT molecular complexity index is 11.6. The summed E-state index contributed by atoms with van der Waals surface area (Å²) < 4.78 is 0. The fraction of sp³-hybridized carbons (Fsp3) is 0. The monoisotopic (exact) mass is 118 g/mol. The molecule has 0 saturated heterocycles.